The Morgan fingerprint density at radius 2 is 1.45 bits per heavy atom. The van der Waals surface area contributed by atoms with Crippen LogP contribution in [0.3, 0.4) is 0 Å². The summed E-state index contributed by atoms with van der Waals surface area (Å²) in [7, 11) is -3.96. The molecule has 0 unspecified atom stereocenters. The summed E-state index contributed by atoms with van der Waals surface area (Å²) in [5, 5.41) is 14.0. The smallest absolute Gasteiger partial charge is 0.290 e. The summed E-state index contributed by atoms with van der Waals surface area (Å²) >= 11 is 1.04. The molecule has 5 aromatic rings. The second-order valence-corrected chi connectivity index (χ2v) is 13.7. The number of aryl methyl sites for hydroxylation is 2. The monoisotopic (exact) mass is 668 g/mol. The van der Waals surface area contributed by atoms with Crippen molar-refractivity contribution in [2.24, 2.45) is 4.40 Å². The van der Waals surface area contributed by atoms with Crippen molar-refractivity contribution in [2.75, 3.05) is 19.8 Å². The highest BCUT2D eigenvalue weighted by Crippen LogP contribution is 2.27. The minimum absolute atomic E-state index is 0.00184. The van der Waals surface area contributed by atoms with Crippen LogP contribution in [0.4, 0.5) is 0 Å². The average Bonchev–Trinajstić information content (AvgIpc) is 3.65. The molecule has 0 aliphatic heterocycles. The molecule has 0 amide bonds. The van der Waals surface area contributed by atoms with Gasteiger partial charge >= 0.3 is 0 Å². The highest BCUT2D eigenvalue weighted by molar-refractivity contribution is 7.92. The number of ether oxygens (including phenoxy) is 3. The molecule has 9 heteroatoms. The van der Waals surface area contributed by atoms with Crippen LogP contribution in [0.15, 0.2) is 129 Å². The maximum Gasteiger partial charge on any atom is 0.290 e. The third kappa shape index (κ3) is 10.8. The van der Waals surface area contributed by atoms with Crippen molar-refractivity contribution in [2.45, 2.75) is 42.9 Å². The second-order valence-electron chi connectivity index (χ2n) is 10.9. The average molecular weight is 669 g/mol. The lowest BCUT2D eigenvalue weighted by atomic mass is 9.96. The number of hydrogen-bond acceptors (Lipinski definition) is 7. The fraction of sp³-hybridized carbons (Fsp3) is 0.237. The number of benzene rings is 4. The molecule has 0 radical (unpaired) electrons. The molecule has 0 aliphatic rings. The number of hydrogen-bond donors (Lipinski definition) is 0. The third-order valence-corrected chi connectivity index (χ3v) is 10.0. The van der Waals surface area contributed by atoms with E-state index in [-0.39, 0.29) is 10.6 Å². The van der Waals surface area contributed by atoms with E-state index in [1.54, 1.807) is 11.4 Å². The first-order valence-corrected chi connectivity index (χ1v) is 18.0. The molecule has 0 fully saturated rings. The van der Waals surface area contributed by atoms with Gasteiger partial charge in [0.25, 0.3) is 10.0 Å². The van der Waals surface area contributed by atoms with Gasteiger partial charge < -0.3 is 19.3 Å². The lowest BCUT2D eigenvalue weighted by Crippen LogP contribution is -2.20. The zero-order valence-electron chi connectivity index (χ0n) is 26.1. The van der Waals surface area contributed by atoms with Crippen LogP contribution in [-0.4, -0.2) is 34.1 Å². The first kappa shape index (κ1) is 33.9. The summed E-state index contributed by atoms with van der Waals surface area (Å²) < 4.78 is 45.9. The summed E-state index contributed by atoms with van der Waals surface area (Å²) in [5.41, 5.74) is 5.31. The topological polar surface area (TPSA) is 97.3 Å². The molecule has 1 heterocycles. The molecule has 244 valence electrons. The van der Waals surface area contributed by atoms with Crippen LogP contribution in [0.2, 0.25) is 0 Å². The predicted molar refractivity (Wildman–Crippen MR) is 186 cm³/mol. The standard InChI is InChI=1S/C38H39NO6S2/c40-37(39-47(41,42)38-17-8-27-46-38)23-20-32-14-4-5-16-36(32)33-18-21-34(22-19-33)44-25-9-26-45-35-15-6-12-31(28-35)29-43-24-7-13-30-10-2-1-3-11-30/h1-6,8,10-12,14-19,21-22,27-28H,7,9,13,20,23-26,29H2,(H,39,40)/p-1. The van der Waals surface area contributed by atoms with Crippen molar-refractivity contribution in [1.82, 2.24) is 0 Å². The van der Waals surface area contributed by atoms with Gasteiger partial charge in [-0.15, -0.1) is 11.3 Å². The van der Waals surface area contributed by atoms with Gasteiger partial charge in [0.1, 0.15) is 15.7 Å². The summed E-state index contributed by atoms with van der Waals surface area (Å²) in [4.78, 5) is 0. The molecule has 5 rings (SSSR count). The Balaban J connectivity index is 1.02. The quantitative estimate of drug-likeness (QED) is 0.0545. The van der Waals surface area contributed by atoms with E-state index in [4.69, 9.17) is 14.2 Å². The van der Waals surface area contributed by atoms with E-state index in [9.17, 15) is 13.5 Å². The molecular formula is C38H38NO6S2-. The number of thiophene rings is 1. The molecule has 0 bridgehead atoms. The Morgan fingerprint density at radius 3 is 2.23 bits per heavy atom. The number of nitrogens with zero attached hydrogens (tertiary/aromatic N) is 1. The van der Waals surface area contributed by atoms with E-state index in [0.717, 1.165) is 64.4 Å². The summed E-state index contributed by atoms with van der Waals surface area (Å²) in [5.74, 6) is 0.913. The molecule has 0 atom stereocenters. The maximum absolute atomic E-state index is 12.4. The van der Waals surface area contributed by atoms with Gasteiger partial charge in [-0.1, -0.05) is 84.9 Å². The summed E-state index contributed by atoms with van der Waals surface area (Å²) in [6.07, 6.45) is 3.10. The number of rotatable bonds is 18. The molecule has 0 N–H and O–H groups in total. The van der Waals surface area contributed by atoms with Gasteiger partial charge in [0.2, 0.25) is 0 Å². The summed E-state index contributed by atoms with van der Waals surface area (Å²) in [6.45, 7) is 2.32. The van der Waals surface area contributed by atoms with Crippen LogP contribution in [0.1, 0.15) is 36.0 Å². The second kappa shape index (κ2) is 17.5. The highest BCUT2D eigenvalue weighted by Gasteiger charge is 2.13. The molecule has 47 heavy (non-hydrogen) atoms. The van der Waals surface area contributed by atoms with Gasteiger partial charge in [-0.3, -0.25) is 0 Å². The molecule has 0 aliphatic carbocycles. The lowest BCUT2D eigenvalue weighted by molar-refractivity contribution is -0.218. The minimum atomic E-state index is -3.96. The van der Waals surface area contributed by atoms with E-state index in [2.05, 4.69) is 28.7 Å². The van der Waals surface area contributed by atoms with E-state index >= 15 is 0 Å². The van der Waals surface area contributed by atoms with Crippen molar-refractivity contribution in [1.29, 1.82) is 0 Å². The molecule has 4 aromatic carbocycles. The Hall–Kier alpha value is -4.44. The molecule has 7 nitrogen and oxygen atoms in total. The van der Waals surface area contributed by atoms with E-state index in [1.165, 1.54) is 11.6 Å². The fourth-order valence-electron chi connectivity index (χ4n) is 5.00. The molecule has 1 aromatic heterocycles. The predicted octanol–water partition coefficient (Wildman–Crippen LogP) is 7.49. The largest absolute Gasteiger partial charge is 0.861 e. The van der Waals surface area contributed by atoms with Crippen molar-refractivity contribution in [3.63, 3.8) is 0 Å². The SMILES string of the molecule is O=S(=O)(/N=C(\[O-])CCc1ccccc1-c1ccc(OCCCOc2cccc(COCCCc3ccccc3)c2)cc1)c1cccs1. The van der Waals surface area contributed by atoms with Crippen LogP contribution in [0, 0.1) is 0 Å². The van der Waals surface area contributed by atoms with Crippen LogP contribution in [0.25, 0.3) is 11.1 Å². The fourth-order valence-corrected chi connectivity index (χ4v) is 6.92. The molecule has 0 saturated heterocycles. The van der Waals surface area contributed by atoms with Crippen molar-refractivity contribution in [3.8, 4) is 22.6 Å². The Kier molecular flexibility index (Phi) is 12.6. The van der Waals surface area contributed by atoms with E-state index in [1.807, 2.05) is 78.9 Å². The van der Waals surface area contributed by atoms with Gasteiger partial charge in [-0.2, -0.15) is 12.8 Å². The molecule has 0 spiro atoms. The van der Waals surface area contributed by atoms with Crippen molar-refractivity contribution in [3.05, 3.63) is 137 Å². The van der Waals surface area contributed by atoms with Crippen LogP contribution >= 0.6 is 11.3 Å². The lowest BCUT2D eigenvalue weighted by Gasteiger charge is -2.14. The summed E-state index contributed by atoms with van der Waals surface area (Å²) in [6, 6.07) is 37.1. The molecule has 0 saturated carbocycles. The van der Waals surface area contributed by atoms with Crippen LogP contribution in [0.5, 0.6) is 11.5 Å². The minimum Gasteiger partial charge on any atom is -0.861 e. The van der Waals surface area contributed by atoms with Crippen LogP contribution < -0.4 is 14.6 Å². The Bertz CT molecular complexity index is 1810. The van der Waals surface area contributed by atoms with Crippen molar-refractivity contribution >= 4 is 27.3 Å². The van der Waals surface area contributed by atoms with Gasteiger partial charge in [-0.05, 0) is 95.1 Å². The van der Waals surface area contributed by atoms with Gasteiger partial charge in [0, 0.05) is 13.0 Å². The third-order valence-electron chi connectivity index (χ3n) is 7.35. The highest BCUT2D eigenvalue weighted by atomic mass is 32.2. The van der Waals surface area contributed by atoms with Gasteiger partial charge in [-0.25, -0.2) is 0 Å². The van der Waals surface area contributed by atoms with Gasteiger partial charge in [0.05, 0.1) is 19.8 Å². The first-order chi connectivity index (χ1) is 23.0. The first-order valence-electron chi connectivity index (χ1n) is 15.7. The van der Waals surface area contributed by atoms with Crippen LogP contribution in [-0.2, 0) is 34.2 Å². The maximum atomic E-state index is 12.4. The Labute approximate surface area is 281 Å². The Morgan fingerprint density at radius 1 is 0.702 bits per heavy atom. The normalized spacial score (nSPS) is 11.8. The number of sulfonamides is 1. The van der Waals surface area contributed by atoms with Crippen molar-refractivity contribution < 1.29 is 27.7 Å². The van der Waals surface area contributed by atoms with Gasteiger partial charge in [0.15, 0.2) is 0 Å². The molecular weight excluding hydrogens is 631 g/mol. The van der Waals surface area contributed by atoms with E-state index in [0.29, 0.717) is 32.8 Å². The zero-order chi connectivity index (χ0) is 32.7. The zero-order valence-corrected chi connectivity index (χ0v) is 27.8. The van der Waals surface area contributed by atoms with E-state index < -0.39 is 15.9 Å².